The number of aromatic nitrogens is 4. The van der Waals surface area contributed by atoms with Gasteiger partial charge in [0.15, 0.2) is 10.3 Å². The fourth-order valence-corrected chi connectivity index (χ4v) is 4.87. The van der Waals surface area contributed by atoms with Crippen molar-refractivity contribution in [3.05, 3.63) is 58.4 Å². The summed E-state index contributed by atoms with van der Waals surface area (Å²) in [5.41, 5.74) is 4.36. The van der Waals surface area contributed by atoms with E-state index in [1.165, 1.54) is 22.7 Å². The largest absolute Gasteiger partial charge is 0.326 e. The van der Waals surface area contributed by atoms with Gasteiger partial charge in [-0.1, -0.05) is 17.4 Å². The maximum atomic E-state index is 12.7. The normalized spacial score (nSPS) is 13.0. The number of fused-ring (bicyclic) bond motifs is 1. The molecule has 1 aliphatic heterocycles. The fourth-order valence-electron chi connectivity index (χ4n) is 3.24. The van der Waals surface area contributed by atoms with Crippen molar-refractivity contribution >= 4 is 45.3 Å². The molecule has 0 saturated carbocycles. The molecule has 2 amide bonds. The number of imidazole rings is 1. The average Bonchev–Trinajstić information content (AvgIpc) is 3.48. The molecule has 1 aliphatic rings. The highest BCUT2D eigenvalue weighted by Gasteiger charge is 2.19. The van der Waals surface area contributed by atoms with E-state index in [9.17, 15) is 9.59 Å². The Labute approximate surface area is 179 Å². The second-order valence-electron chi connectivity index (χ2n) is 6.79. The molecular weight excluding hydrogens is 420 g/mol. The number of hydrogen-bond acceptors (Lipinski definition) is 7. The van der Waals surface area contributed by atoms with Crippen LogP contribution in [0, 0.1) is 6.92 Å². The maximum absolute atomic E-state index is 12.7. The van der Waals surface area contributed by atoms with Crippen molar-refractivity contribution in [2.45, 2.75) is 19.8 Å². The first kappa shape index (κ1) is 18.6. The molecule has 2 N–H and O–H groups in total. The number of hydrogen-bond donors (Lipinski definition) is 2. The fraction of sp³-hybridized carbons (Fsp3) is 0.150. The summed E-state index contributed by atoms with van der Waals surface area (Å²) in [6, 6.07) is 5.87. The van der Waals surface area contributed by atoms with Crippen LogP contribution in [0.2, 0.25) is 0 Å². The number of aryl methyl sites for hydroxylation is 2. The molecule has 30 heavy (non-hydrogen) atoms. The number of anilines is 2. The molecule has 4 aromatic rings. The van der Waals surface area contributed by atoms with Crippen molar-refractivity contribution in [2.24, 2.45) is 0 Å². The lowest BCUT2D eigenvalue weighted by atomic mass is 9.99. The van der Waals surface area contributed by atoms with E-state index in [2.05, 4.69) is 25.6 Å². The minimum absolute atomic E-state index is 0.0449. The number of carbonyl (C=O) groups excluding carboxylic acids is 2. The van der Waals surface area contributed by atoms with E-state index in [1.54, 1.807) is 23.3 Å². The Morgan fingerprint density at radius 3 is 3.00 bits per heavy atom. The lowest BCUT2D eigenvalue weighted by molar-refractivity contribution is -0.116. The van der Waals surface area contributed by atoms with Crippen LogP contribution in [0.25, 0.3) is 16.4 Å². The molecular formula is C20H16N6O2S2. The number of thiazole rings is 2. The number of benzene rings is 1. The van der Waals surface area contributed by atoms with E-state index in [1.807, 2.05) is 30.5 Å². The number of rotatable bonds is 4. The minimum Gasteiger partial charge on any atom is -0.326 e. The number of carbonyl (C=O) groups is 2. The van der Waals surface area contributed by atoms with Crippen LogP contribution in [0.1, 0.15) is 27.3 Å². The molecule has 0 bridgehead atoms. The van der Waals surface area contributed by atoms with Crippen LogP contribution in [0.3, 0.4) is 0 Å². The van der Waals surface area contributed by atoms with Crippen LogP contribution in [0.15, 0.2) is 42.3 Å². The van der Waals surface area contributed by atoms with Crippen molar-refractivity contribution in [2.75, 3.05) is 10.6 Å². The summed E-state index contributed by atoms with van der Waals surface area (Å²) >= 11 is 2.68. The number of nitrogens with zero attached hydrogens (tertiary/aromatic N) is 4. The van der Waals surface area contributed by atoms with Gasteiger partial charge in [-0.15, -0.1) is 11.3 Å². The molecule has 4 heterocycles. The summed E-state index contributed by atoms with van der Waals surface area (Å²) in [4.78, 5) is 37.8. The first-order valence-electron chi connectivity index (χ1n) is 9.22. The molecule has 0 spiro atoms. The van der Waals surface area contributed by atoms with Crippen LogP contribution >= 0.6 is 22.7 Å². The van der Waals surface area contributed by atoms with E-state index < -0.39 is 0 Å². The first-order chi connectivity index (χ1) is 14.6. The minimum atomic E-state index is -0.231. The Bertz CT molecular complexity index is 1260. The van der Waals surface area contributed by atoms with Gasteiger partial charge >= 0.3 is 0 Å². The molecule has 1 aromatic carbocycles. The van der Waals surface area contributed by atoms with Crippen molar-refractivity contribution in [3.63, 3.8) is 0 Å². The van der Waals surface area contributed by atoms with E-state index >= 15 is 0 Å². The second kappa shape index (κ2) is 7.47. The van der Waals surface area contributed by atoms with E-state index in [0.717, 1.165) is 22.5 Å². The highest BCUT2D eigenvalue weighted by molar-refractivity contribution is 7.16. The standard InChI is InChI=1S/C20H16N6O2S2/c1-11-17(30-20(22-11)26-7-6-21-10-26)18(28)25-19-24-15(9-29-19)13-2-4-14-12(8-13)3-5-16(27)23-14/h2,4,6-10H,3,5H2,1H3,(H,23,27)(H,24,25,28). The average molecular weight is 437 g/mol. The van der Waals surface area contributed by atoms with Gasteiger partial charge in [-0.3, -0.25) is 19.5 Å². The van der Waals surface area contributed by atoms with Crippen LogP contribution in [0.5, 0.6) is 0 Å². The van der Waals surface area contributed by atoms with Gasteiger partial charge in [0, 0.05) is 35.4 Å². The third-order valence-corrected chi connectivity index (χ3v) is 6.67. The van der Waals surface area contributed by atoms with Gasteiger partial charge in [0.05, 0.1) is 11.4 Å². The van der Waals surface area contributed by atoms with Crippen LogP contribution < -0.4 is 10.6 Å². The van der Waals surface area contributed by atoms with Crippen molar-refractivity contribution < 1.29 is 9.59 Å². The SMILES string of the molecule is Cc1nc(-n2ccnc2)sc1C(=O)Nc1nc(-c2ccc3c(c2)CCC(=O)N3)cs1. The predicted molar refractivity (Wildman–Crippen MR) is 116 cm³/mol. The molecule has 150 valence electrons. The van der Waals surface area contributed by atoms with Gasteiger partial charge in [0.25, 0.3) is 5.91 Å². The number of amides is 2. The molecule has 0 unspecified atom stereocenters. The lowest BCUT2D eigenvalue weighted by Gasteiger charge is -2.17. The number of nitrogens with one attached hydrogen (secondary N) is 2. The van der Waals surface area contributed by atoms with Gasteiger partial charge in [0.2, 0.25) is 5.91 Å². The van der Waals surface area contributed by atoms with Gasteiger partial charge in [-0.05, 0) is 31.0 Å². The summed E-state index contributed by atoms with van der Waals surface area (Å²) in [7, 11) is 0. The van der Waals surface area contributed by atoms with Crippen LogP contribution in [0.4, 0.5) is 10.8 Å². The van der Waals surface area contributed by atoms with Gasteiger partial charge in [0.1, 0.15) is 11.2 Å². The zero-order valence-corrected chi connectivity index (χ0v) is 17.5. The van der Waals surface area contributed by atoms with Gasteiger partial charge in [-0.2, -0.15) is 0 Å². The third kappa shape index (κ3) is 3.51. The van der Waals surface area contributed by atoms with E-state index in [-0.39, 0.29) is 11.8 Å². The third-order valence-electron chi connectivity index (χ3n) is 4.74. The molecule has 3 aromatic heterocycles. The molecule has 0 atom stereocenters. The van der Waals surface area contributed by atoms with Crippen molar-refractivity contribution in [3.8, 4) is 16.4 Å². The Hall–Kier alpha value is -3.37. The van der Waals surface area contributed by atoms with Crippen molar-refractivity contribution in [1.29, 1.82) is 0 Å². The predicted octanol–water partition coefficient (Wildman–Crippen LogP) is 3.90. The Morgan fingerprint density at radius 1 is 1.27 bits per heavy atom. The quantitative estimate of drug-likeness (QED) is 0.505. The Balaban J connectivity index is 1.34. The molecule has 8 nitrogen and oxygen atoms in total. The van der Waals surface area contributed by atoms with Gasteiger partial charge < -0.3 is 5.32 Å². The summed E-state index contributed by atoms with van der Waals surface area (Å²) in [5.74, 6) is -0.186. The van der Waals surface area contributed by atoms with E-state index in [0.29, 0.717) is 33.7 Å². The van der Waals surface area contributed by atoms with Gasteiger partial charge in [-0.25, -0.2) is 15.0 Å². The second-order valence-corrected chi connectivity index (χ2v) is 8.63. The summed E-state index contributed by atoms with van der Waals surface area (Å²) in [6.07, 6.45) is 6.31. The Kier molecular flexibility index (Phi) is 4.64. The lowest BCUT2D eigenvalue weighted by Crippen LogP contribution is -2.18. The highest BCUT2D eigenvalue weighted by Crippen LogP contribution is 2.31. The molecule has 10 heteroatoms. The zero-order chi connectivity index (χ0) is 20.7. The van der Waals surface area contributed by atoms with Crippen molar-refractivity contribution in [1.82, 2.24) is 19.5 Å². The molecule has 5 rings (SSSR count). The maximum Gasteiger partial charge on any atom is 0.269 e. The van der Waals surface area contributed by atoms with E-state index in [4.69, 9.17) is 0 Å². The Morgan fingerprint density at radius 2 is 2.17 bits per heavy atom. The zero-order valence-electron chi connectivity index (χ0n) is 15.9. The summed E-state index contributed by atoms with van der Waals surface area (Å²) in [5, 5.41) is 8.88. The molecule has 0 fully saturated rings. The molecule has 0 aliphatic carbocycles. The molecule has 0 saturated heterocycles. The van der Waals surface area contributed by atoms with Crippen LogP contribution in [-0.2, 0) is 11.2 Å². The molecule has 0 radical (unpaired) electrons. The smallest absolute Gasteiger partial charge is 0.269 e. The monoisotopic (exact) mass is 436 g/mol. The topological polar surface area (TPSA) is 102 Å². The highest BCUT2D eigenvalue weighted by atomic mass is 32.1. The summed E-state index contributed by atoms with van der Waals surface area (Å²) < 4.78 is 1.77. The first-order valence-corrected chi connectivity index (χ1v) is 10.9. The van der Waals surface area contributed by atoms with Crippen LogP contribution in [-0.4, -0.2) is 31.3 Å². The summed E-state index contributed by atoms with van der Waals surface area (Å²) in [6.45, 7) is 1.81.